The number of carbonyl (C=O) groups excluding carboxylic acids is 2. The summed E-state index contributed by atoms with van der Waals surface area (Å²) in [5.74, 6) is 0.952. The lowest BCUT2D eigenvalue weighted by molar-refractivity contribution is -0.150. The first-order valence-corrected chi connectivity index (χ1v) is 8.99. The van der Waals surface area contributed by atoms with Crippen LogP contribution in [-0.4, -0.2) is 57.8 Å². The number of nitrogens with zero attached hydrogens (tertiary/aromatic N) is 3. The van der Waals surface area contributed by atoms with Gasteiger partial charge in [0.1, 0.15) is 11.9 Å². The SMILES string of the molecule is CCCCC1C(=O)N(C)CCN1C(=O)Cc1ccc2nc(C)[nH]c2c1. The van der Waals surface area contributed by atoms with E-state index in [0.29, 0.717) is 19.5 Å². The number of aryl methyl sites for hydroxylation is 1. The molecule has 1 aliphatic rings. The van der Waals surface area contributed by atoms with Crippen molar-refractivity contribution in [1.29, 1.82) is 0 Å². The van der Waals surface area contributed by atoms with Crippen LogP contribution in [0.25, 0.3) is 11.0 Å². The van der Waals surface area contributed by atoms with Crippen LogP contribution in [0, 0.1) is 6.92 Å². The predicted molar refractivity (Wildman–Crippen MR) is 97.2 cm³/mol. The highest BCUT2D eigenvalue weighted by Crippen LogP contribution is 2.19. The number of benzene rings is 1. The molecule has 0 radical (unpaired) electrons. The Bertz CT molecular complexity index is 783. The van der Waals surface area contributed by atoms with Gasteiger partial charge in [0.2, 0.25) is 11.8 Å². The molecule has 25 heavy (non-hydrogen) atoms. The van der Waals surface area contributed by atoms with E-state index >= 15 is 0 Å². The third-order valence-corrected chi connectivity index (χ3v) is 4.89. The highest BCUT2D eigenvalue weighted by molar-refractivity contribution is 5.90. The topological polar surface area (TPSA) is 69.3 Å². The average molecular weight is 342 g/mol. The van der Waals surface area contributed by atoms with Crippen LogP contribution in [0.2, 0.25) is 0 Å². The molecule has 0 bridgehead atoms. The number of carbonyl (C=O) groups is 2. The number of hydrogen-bond acceptors (Lipinski definition) is 3. The number of nitrogens with one attached hydrogen (secondary N) is 1. The summed E-state index contributed by atoms with van der Waals surface area (Å²) in [6, 6.07) is 5.54. The number of piperazine rings is 1. The lowest BCUT2D eigenvalue weighted by atomic mass is 10.0. The van der Waals surface area contributed by atoms with Crippen molar-refractivity contribution in [2.24, 2.45) is 0 Å². The fraction of sp³-hybridized carbons (Fsp3) is 0.526. The van der Waals surface area contributed by atoms with E-state index in [1.54, 1.807) is 9.80 Å². The van der Waals surface area contributed by atoms with Gasteiger partial charge in [-0.3, -0.25) is 9.59 Å². The largest absolute Gasteiger partial charge is 0.342 e. The van der Waals surface area contributed by atoms with E-state index < -0.39 is 0 Å². The molecule has 0 saturated carbocycles. The zero-order valence-electron chi connectivity index (χ0n) is 15.2. The van der Waals surface area contributed by atoms with Gasteiger partial charge in [0.25, 0.3) is 0 Å². The number of aromatic amines is 1. The number of unbranched alkanes of at least 4 members (excludes halogenated alkanes) is 1. The summed E-state index contributed by atoms with van der Waals surface area (Å²) in [6.45, 7) is 5.23. The number of likely N-dealkylation sites (N-methyl/N-ethyl adjacent to an activating group) is 1. The molecule has 6 heteroatoms. The predicted octanol–water partition coefficient (Wildman–Crippen LogP) is 2.27. The van der Waals surface area contributed by atoms with Crippen LogP contribution in [0.15, 0.2) is 18.2 Å². The van der Waals surface area contributed by atoms with Gasteiger partial charge < -0.3 is 14.8 Å². The summed E-state index contributed by atoms with van der Waals surface area (Å²) in [4.78, 5) is 36.5. The van der Waals surface area contributed by atoms with Gasteiger partial charge in [0, 0.05) is 20.1 Å². The molecule has 1 saturated heterocycles. The zero-order chi connectivity index (χ0) is 18.0. The number of amides is 2. The zero-order valence-corrected chi connectivity index (χ0v) is 15.2. The van der Waals surface area contributed by atoms with Gasteiger partial charge in [0.15, 0.2) is 0 Å². The fourth-order valence-corrected chi connectivity index (χ4v) is 3.46. The van der Waals surface area contributed by atoms with E-state index in [0.717, 1.165) is 41.7 Å². The molecule has 1 fully saturated rings. The molecule has 3 rings (SSSR count). The van der Waals surface area contributed by atoms with Crippen molar-refractivity contribution < 1.29 is 9.59 Å². The molecule has 0 aliphatic carbocycles. The van der Waals surface area contributed by atoms with Crippen molar-refractivity contribution in [3.8, 4) is 0 Å². The minimum atomic E-state index is -0.315. The standard InChI is InChI=1S/C19H26N4O2/c1-4-5-6-17-19(25)22(3)9-10-23(17)18(24)12-14-7-8-15-16(11-14)21-13(2)20-15/h7-8,11,17H,4-6,9-10,12H2,1-3H3,(H,20,21). The van der Waals surface area contributed by atoms with Gasteiger partial charge in [-0.25, -0.2) is 4.98 Å². The molecule has 1 N–H and O–H groups in total. The lowest BCUT2D eigenvalue weighted by Gasteiger charge is -2.39. The second-order valence-electron chi connectivity index (χ2n) is 6.86. The van der Waals surface area contributed by atoms with E-state index in [4.69, 9.17) is 0 Å². The van der Waals surface area contributed by atoms with Gasteiger partial charge in [0.05, 0.1) is 17.5 Å². The monoisotopic (exact) mass is 342 g/mol. The van der Waals surface area contributed by atoms with Crippen molar-refractivity contribution in [1.82, 2.24) is 19.8 Å². The first kappa shape index (κ1) is 17.5. The number of rotatable bonds is 5. The molecule has 1 atom stereocenters. The Kier molecular flexibility index (Phi) is 5.06. The minimum Gasteiger partial charge on any atom is -0.342 e. The van der Waals surface area contributed by atoms with Gasteiger partial charge >= 0.3 is 0 Å². The van der Waals surface area contributed by atoms with Gasteiger partial charge in [-0.2, -0.15) is 0 Å². The van der Waals surface area contributed by atoms with Crippen molar-refractivity contribution in [3.63, 3.8) is 0 Å². The summed E-state index contributed by atoms with van der Waals surface area (Å²) in [5, 5.41) is 0. The van der Waals surface area contributed by atoms with Crippen LogP contribution in [0.4, 0.5) is 0 Å². The highest BCUT2D eigenvalue weighted by Gasteiger charge is 2.35. The maximum absolute atomic E-state index is 12.9. The van der Waals surface area contributed by atoms with Crippen molar-refractivity contribution in [3.05, 3.63) is 29.6 Å². The molecule has 2 aromatic rings. The molecule has 2 amide bonds. The Balaban J connectivity index is 1.76. The Morgan fingerprint density at radius 3 is 2.92 bits per heavy atom. The number of aromatic nitrogens is 2. The van der Waals surface area contributed by atoms with E-state index in [1.807, 2.05) is 32.2 Å². The third kappa shape index (κ3) is 3.67. The molecule has 1 aromatic carbocycles. The summed E-state index contributed by atoms with van der Waals surface area (Å²) in [7, 11) is 1.82. The number of H-pyrrole nitrogens is 1. The first-order chi connectivity index (χ1) is 12.0. The second-order valence-corrected chi connectivity index (χ2v) is 6.86. The number of fused-ring (bicyclic) bond motifs is 1. The van der Waals surface area contributed by atoms with Crippen molar-refractivity contribution >= 4 is 22.8 Å². The van der Waals surface area contributed by atoms with Crippen LogP contribution in [-0.2, 0) is 16.0 Å². The van der Waals surface area contributed by atoms with Crippen LogP contribution in [0.3, 0.4) is 0 Å². The molecular weight excluding hydrogens is 316 g/mol. The molecular formula is C19H26N4O2. The van der Waals surface area contributed by atoms with Gasteiger partial charge in [-0.05, 0) is 31.0 Å². The molecule has 134 valence electrons. The Labute approximate surface area is 148 Å². The Morgan fingerprint density at radius 2 is 2.16 bits per heavy atom. The average Bonchev–Trinajstić information content (AvgIpc) is 2.95. The maximum atomic E-state index is 12.9. The van der Waals surface area contributed by atoms with E-state index in [2.05, 4.69) is 16.9 Å². The third-order valence-electron chi connectivity index (χ3n) is 4.89. The van der Waals surface area contributed by atoms with Gasteiger partial charge in [-0.1, -0.05) is 25.8 Å². The summed E-state index contributed by atoms with van der Waals surface area (Å²) >= 11 is 0. The summed E-state index contributed by atoms with van der Waals surface area (Å²) in [6.07, 6.45) is 3.02. The van der Waals surface area contributed by atoms with E-state index in [9.17, 15) is 9.59 Å². The molecule has 0 spiro atoms. The Hall–Kier alpha value is -2.37. The smallest absolute Gasteiger partial charge is 0.245 e. The molecule has 1 aromatic heterocycles. The number of hydrogen-bond donors (Lipinski definition) is 1. The van der Waals surface area contributed by atoms with E-state index in [1.165, 1.54) is 0 Å². The van der Waals surface area contributed by atoms with Crippen LogP contribution in [0.1, 0.15) is 37.6 Å². The normalized spacial score (nSPS) is 18.2. The molecule has 6 nitrogen and oxygen atoms in total. The minimum absolute atomic E-state index is 0.0261. The van der Waals surface area contributed by atoms with E-state index in [-0.39, 0.29) is 17.9 Å². The molecule has 2 heterocycles. The fourth-order valence-electron chi connectivity index (χ4n) is 3.46. The summed E-state index contributed by atoms with van der Waals surface area (Å²) in [5.41, 5.74) is 2.80. The van der Waals surface area contributed by atoms with Crippen LogP contribution in [0.5, 0.6) is 0 Å². The van der Waals surface area contributed by atoms with Crippen molar-refractivity contribution in [2.75, 3.05) is 20.1 Å². The first-order valence-electron chi connectivity index (χ1n) is 8.99. The quantitative estimate of drug-likeness (QED) is 0.906. The molecule has 1 aliphatic heterocycles. The Morgan fingerprint density at radius 1 is 1.36 bits per heavy atom. The number of imidazole rings is 1. The van der Waals surface area contributed by atoms with Crippen LogP contribution >= 0.6 is 0 Å². The maximum Gasteiger partial charge on any atom is 0.245 e. The van der Waals surface area contributed by atoms with Crippen LogP contribution < -0.4 is 0 Å². The second kappa shape index (κ2) is 7.25. The molecule has 1 unspecified atom stereocenters. The van der Waals surface area contributed by atoms with Gasteiger partial charge in [-0.15, -0.1) is 0 Å². The summed E-state index contributed by atoms with van der Waals surface area (Å²) < 4.78 is 0. The lowest BCUT2D eigenvalue weighted by Crippen LogP contribution is -2.57. The van der Waals surface area contributed by atoms with Crippen molar-refractivity contribution in [2.45, 2.75) is 45.6 Å². The highest BCUT2D eigenvalue weighted by atomic mass is 16.2.